The fraction of sp³-hybridized carbons (Fsp3) is 0.333. The molecule has 0 bridgehead atoms. The van der Waals surface area contributed by atoms with Crippen LogP contribution in [0.2, 0.25) is 0 Å². The normalized spacial score (nSPS) is 12.9. The van der Waals surface area contributed by atoms with E-state index in [1.54, 1.807) is 0 Å². The molecular formula is C30H35N3O2. The van der Waals surface area contributed by atoms with Crippen molar-refractivity contribution in [2.45, 2.75) is 59.5 Å². The van der Waals surface area contributed by atoms with E-state index in [0.717, 1.165) is 40.2 Å². The van der Waals surface area contributed by atoms with Crippen molar-refractivity contribution < 1.29 is 9.53 Å². The highest BCUT2D eigenvalue weighted by atomic mass is 16.5. The predicted molar refractivity (Wildman–Crippen MR) is 142 cm³/mol. The zero-order valence-corrected chi connectivity index (χ0v) is 21.3. The van der Waals surface area contributed by atoms with E-state index >= 15 is 0 Å². The molecule has 0 saturated carbocycles. The monoisotopic (exact) mass is 469 g/mol. The number of fused-ring (bicyclic) bond motifs is 1. The highest BCUT2D eigenvalue weighted by Crippen LogP contribution is 2.24. The van der Waals surface area contributed by atoms with Crippen LogP contribution >= 0.6 is 0 Å². The van der Waals surface area contributed by atoms with Gasteiger partial charge in [0.2, 0.25) is 0 Å². The number of carbonyl (C=O) groups excluding carboxylic acids is 1. The third-order valence-electron chi connectivity index (χ3n) is 6.69. The quantitative estimate of drug-likeness (QED) is 0.295. The van der Waals surface area contributed by atoms with Crippen molar-refractivity contribution in [1.29, 1.82) is 0 Å². The molecule has 0 saturated heterocycles. The van der Waals surface area contributed by atoms with Crippen LogP contribution in [-0.2, 0) is 6.54 Å². The SMILES string of the molecule is CCC(C)c1ccc(OCCn2c(C(C)NC(=O)c3ccc(C)cc3C)nc3ccccc32)cc1. The minimum atomic E-state index is -0.259. The molecule has 4 rings (SSSR count). The number of nitrogens with zero attached hydrogens (tertiary/aromatic N) is 2. The lowest BCUT2D eigenvalue weighted by Crippen LogP contribution is -2.29. The molecule has 0 aliphatic carbocycles. The summed E-state index contributed by atoms with van der Waals surface area (Å²) in [4.78, 5) is 17.9. The summed E-state index contributed by atoms with van der Waals surface area (Å²) >= 11 is 0. The van der Waals surface area contributed by atoms with Crippen LogP contribution in [0.3, 0.4) is 0 Å². The number of imidazole rings is 1. The van der Waals surface area contributed by atoms with Gasteiger partial charge in [-0.15, -0.1) is 0 Å². The maximum Gasteiger partial charge on any atom is 0.252 e. The minimum absolute atomic E-state index is 0.0914. The van der Waals surface area contributed by atoms with Gasteiger partial charge in [0, 0.05) is 5.56 Å². The van der Waals surface area contributed by atoms with E-state index in [4.69, 9.17) is 9.72 Å². The van der Waals surface area contributed by atoms with Gasteiger partial charge in [-0.2, -0.15) is 0 Å². The number of para-hydroxylation sites is 2. The van der Waals surface area contributed by atoms with Crippen LogP contribution in [-0.4, -0.2) is 22.1 Å². The Bertz CT molecular complexity index is 1310. The smallest absolute Gasteiger partial charge is 0.252 e. The second-order valence-corrected chi connectivity index (χ2v) is 9.35. The summed E-state index contributed by atoms with van der Waals surface area (Å²) in [7, 11) is 0. The Morgan fingerprint density at radius 2 is 1.77 bits per heavy atom. The maximum absolute atomic E-state index is 13.0. The zero-order valence-electron chi connectivity index (χ0n) is 21.3. The summed E-state index contributed by atoms with van der Waals surface area (Å²) < 4.78 is 8.22. The van der Waals surface area contributed by atoms with Crippen LogP contribution in [0.15, 0.2) is 66.7 Å². The number of amides is 1. The maximum atomic E-state index is 13.0. The van der Waals surface area contributed by atoms with Crippen molar-refractivity contribution in [1.82, 2.24) is 14.9 Å². The molecule has 0 aliphatic rings. The van der Waals surface area contributed by atoms with E-state index in [2.05, 4.69) is 41.9 Å². The van der Waals surface area contributed by atoms with Gasteiger partial charge in [0.05, 0.1) is 23.6 Å². The predicted octanol–water partition coefficient (Wildman–Crippen LogP) is 6.74. The van der Waals surface area contributed by atoms with E-state index < -0.39 is 0 Å². The van der Waals surface area contributed by atoms with Crippen molar-refractivity contribution in [3.63, 3.8) is 0 Å². The first-order valence-electron chi connectivity index (χ1n) is 12.4. The zero-order chi connectivity index (χ0) is 24.9. The summed E-state index contributed by atoms with van der Waals surface area (Å²) in [6.45, 7) is 11.6. The van der Waals surface area contributed by atoms with Crippen LogP contribution < -0.4 is 10.1 Å². The molecule has 4 aromatic rings. The number of rotatable bonds is 9. The number of nitrogens with one attached hydrogen (secondary N) is 1. The molecule has 182 valence electrons. The van der Waals surface area contributed by atoms with Crippen LogP contribution in [0.25, 0.3) is 11.0 Å². The lowest BCUT2D eigenvalue weighted by atomic mass is 9.99. The fourth-order valence-electron chi connectivity index (χ4n) is 4.45. The molecule has 1 heterocycles. The van der Waals surface area contributed by atoms with Gasteiger partial charge in [0.25, 0.3) is 5.91 Å². The van der Waals surface area contributed by atoms with Crippen molar-refractivity contribution in [2.75, 3.05) is 6.61 Å². The number of carbonyl (C=O) groups is 1. The van der Waals surface area contributed by atoms with E-state index in [9.17, 15) is 4.79 Å². The first-order chi connectivity index (χ1) is 16.9. The van der Waals surface area contributed by atoms with Crippen LogP contribution in [0.1, 0.15) is 72.0 Å². The molecule has 2 unspecified atom stereocenters. The lowest BCUT2D eigenvalue weighted by Gasteiger charge is -2.18. The van der Waals surface area contributed by atoms with Gasteiger partial charge in [-0.05, 0) is 74.6 Å². The topological polar surface area (TPSA) is 56.1 Å². The van der Waals surface area contributed by atoms with Crippen molar-refractivity contribution in [2.24, 2.45) is 0 Å². The Morgan fingerprint density at radius 1 is 1.03 bits per heavy atom. The van der Waals surface area contributed by atoms with E-state index in [-0.39, 0.29) is 11.9 Å². The largest absolute Gasteiger partial charge is 0.492 e. The number of aromatic nitrogens is 2. The number of benzene rings is 3. The number of aryl methyl sites for hydroxylation is 2. The van der Waals surface area contributed by atoms with Gasteiger partial charge in [0.15, 0.2) is 0 Å². The van der Waals surface area contributed by atoms with E-state index in [0.29, 0.717) is 24.6 Å². The molecule has 0 fully saturated rings. The first kappa shape index (κ1) is 24.5. The molecule has 5 heteroatoms. The second-order valence-electron chi connectivity index (χ2n) is 9.35. The van der Waals surface area contributed by atoms with Crippen molar-refractivity contribution in [3.05, 3.63) is 94.8 Å². The third-order valence-corrected chi connectivity index (χ3v) is 6.69. The third kappa shape index (κ3) is 5.56. The van der Waals surface area contributed by atoms with Crippen molar-refractivity contribution in [3.8, 4) is 5.75 Å². The summed E-state index contributed by atoms with van der Waals surface area (Å²) in [5, 5.41) is 3.14. The molecule has 0 spiro atoms. The summed E-state index contributed by atoms with van der Waals surface area (Å²) in [5.74, 6) is 2.13. The molecular weight excluding hydrogens is 434 g/mol. The molecule has 0 aliphatic heterocycles. The average molecular weight is 470 g/mol. The Morgan fingerprint density at radius 3 is 2.49 bits per heavy atom. The van der Waals surface area contributed by atoms with Crippen LogP contribution in [0, 0.1) is 13.8 Å². The van der Waals surface area contributed by atoms with E-state index in [1.165, 1.54) is 5.56 Å². The van der Waals surface area contributed by atoms with E-state index in [1.807, 2.05) is 69.3 Å². The summed E-state index contributed by atoms with van der Waals surface area (Å²) in [6, 6.07) is 22.1. The molecule has 3 aromatic carbocycles. The highest BCUT2D eigenvalue weighted by Gasteiger charge is 2.20. The number of ether oxygens (including phenoxy) is 1. The van der Waals surface area contributed by atoms with Crippen LogP contribution in [0.4, 0.5) is 0 Å². The van der Waals surface area contributed by atoms with Gasteiger partial charge in [-0.25, -0.2) is 4.98 Å². The van der Waals surface area contributed by atoms with Gasteiger partial charge in [-0.1, -0.05) is 55.8 Å². The number of hydrogen-bond acceptors (Lipinski definition) is 3. The van der Waals surface area contributed by atoms with Gasteiger partial charge >= 0.3 is 0 Å². The molecule has 5 nitrogen and oxygen atoms in total. The molecule has 1 N–H and O–H groups in total. The van der Waals surface area contributed by atoms with Crippen LogP contribution in [0.5, 0.6) is 5.75 Å². The Kier molecular flexibility index (Phi) is 7.54. The molecule has 1 aromatic heterocycles. The average Bonchev–Trinajstić information content (AvgIpc) is 3.22. The molecule has 1 amide bonds. The Labute approximate surface area is 208 Å². The fourth-order valence-corrected chi connectivity index (χ4v) is 4.45. The first-order valence-corrected chi connectivity index (χ1v) is 12.4. The molecule has 35 heavy (non-hydrogen) atoms. The van der Waals surface area contributed by atoms with Gasteiger partial charge < -0.3 is 14.6 Å². The van der Waals surface area contributed by atoms with Gasteiger partial charge in [-0.3, -0.25) is 4.79 Å². The lowest BCUT2D eigenvalue weighted by molar-refractivity contribution is 0.0937. The standard InChI is InChI=1S/C30H35N3O2/c1-6-21(3)24-12-14-25(15-13-24)35-18-17-33-28-10-8-7-9-27(28)32-29(33)23(5)31-30(34)26-16-11-20(2)19-22(26)4/h7-16,19,21,23H,6,17-18H2,1-5H3,(H,31,34). The Balaban J connectivity index is 1.50. The summed E-state index contributed by atoms with van der Waals surface area (Å²) in [5.41, 5.74) is 6.07. The Hall–Kier alpha value is -3.60. The van der Waals surface area contributed by atoms with Gasteiger partial charge in [0.1, 0.15) is 18.2 Å². The highest BCUT2D eigenvalue weighted by molar-refractivity contribution is 5.96. The van der Waals surface area contributed by atoms with Crippen molar-refractivity contribution >= 4 is 16.9 Å². The summed E-state index contributed by atoms with van der Waals surface area (Å²) in [6.07, 6.45) is 1.12. The molecule has 0 radical (unpaired) electrons. The molecule has 2 atom stereocenters. The minimum Gasteiger partial charge on any atom is -0.492 e. The second kappa shape index (κ2) is 10.8. The number of hydrogen-bond donors (Lipinski definition) is 1.